The molecule has 0 aromatic heterocycles. The van der Waals surface area contributed by atoms with E-state index in [0.717, 1.165) is 54.6 Å². The van der Waals surface area contributed by atoms with Crippen LogP contribution in [-0.2, 0) is 12.8 Å². The van der Waals surface area contributed by atoms with E-state index in [1.165, 1.54) is 130 Å². The van der Waals surface area contributed by atoms with Crippen molar-refractivity contribution in [1.82, 2.24) is 0 Å². The molecule has 2 nitrogen and oxygen atoms in total. The van der Waals surface area contributed by atoms with E-state index in [1.807, 2.05) is 0 Å². The normalized spacial score (nSPS) is 13.6. The van der Waals surface area contributed by atoms with Gasteiger partial charge >= 0.3 is 0 Å². The van der Waals surface area contributed by atoms with Crippen LogP contribution in [0.2, 0.25) is 0 Å². The Kier molecular flexibility index (Phi) is 17.9. The van der Waals surface area contributed by atoms with E-state index in [9.17, 15) is 5.53 Å². The molecule has 246 valence electrons. The zero-order chi connectivity index (χ0) is 32.1. The van der Waals surface area contributed by atoms with Crippen LogP contribution in [0.15, 0.2) is 71.8 Å². The van der Waals surface area contributed by atoms with Gasteiger partial charge in [-0.1, -0.05) is 154 Å². The summed E-state index contributed by atoms with van der Waals surface area (Å²) >= 11 is 0. The fourth-order valence-electron chi connectivity index (χ4n) is 6.66. The van der Waals surface area contributed by atoms with Gasteiger partial charge in [-0.25, -0.2) is 4.70 Å². The van der Waals surface area contributed by atoms with Gasteiger partial charge in [0.05, 0.1) is 5.57 Å². The van der Waals surface area contributed by atoms with Crippen LogP contribution in [0.5, 0.6) is 0 Å². The molecule has 0 amide bonds. The second-order valence-corrected chi connectivity index (χ2v) is 13.3. The van der Waals surface area contributed by atoms with Crippen molar-refractivity contribution < 1.29 is 4.70 Å². The third kappa shape index (κ3) is 12.2. The number of hydrogen-bond donors (Lipinski definition) is 0. The van der Waals surface area contributed by atoms with Crippen molar-refractivity contribution in [3.63, 3.8) is 0 Å². The SMILES string of the molecule is CCCCCCCC=CC1=C(c2cccc(CC)c2)[N+](=[N-])C(c2ccc(CCCCCCCC)cc2)=C1CCCCCCCC. The second-order valence-electron chi connectivity index (χ2n) is 13.3. The predicted molar refractivity (Wildman–Crippen MR) is 197 cm³/mol. The van der Waals surface area contributed by atoms with Crippen LogP contribution < -0.4 is 0 Å². The van der Waals surface area contributed by atoms with Crippen molar-refractivity contribution in [2.24, 2.45) is 0 Å². The van der Waals surface area contributed by atoms with Gasteiger partial charge in [-0.05, 0) is 80.3 Å². The number of unbranched alkanes of at least 4 members (excludes halogenated alkanes) is 15. The van der Waals surface area contributed by atoms with Crippen molar-refractivity contribution in [3.8, 4) is 0 Å². The summed E-state index contributed by atoms with van der Waals surface area (Å²) in [7, 11) is 0. The second kappa shape index (κ2) is 21.9. The lowest BCUT2D eigenvalue weighted by atomic mass is 9.93. The first-order valence-electron chi connectivity index (χ1n) is 19.0. The van der Waals surface area contributed by atoms with E-state index in [-0.39, 0.29) is 0 Å². The Hall–Kier alpha value is -2.74. The Morgan fingerprint density at radius 2 is 1.13 bits per heavy atom. The lowest BCUT2D eigenvalue weighted by Crippen LogP contribution is -2.03. The Morgan fingerprint density at radius 3 is 1.76 bits per heavy atom. The van der Waals surface area contributed by atoms with Crippen LogP contribution in [0.25, 0.3) is 16.9 Å². The summed E-state index contributed by atoms with van der Waals surface area (Å²) in [6, 6.07) is 17.9. The molecule has 0 bridgehead atoms. The highest BCUT2D eigenvalue weighted by molar-refractivity contribution is 5.84. The molecule has 0 unspecified atom stereocenters. The van der Waals surface area contributed by atoms with Crippen LogP contribution in [0.4, 0.5) is 0 Å². The van der Waals surface area contributed by atoms with Gasteiger partial charge in [0.1, 0.15) is 0 Å². The van der Waals surface area contributed by atoms with Gasteiger partial charge in [-0.2, -0.15) is 0 Å². The van der Waals surface area contributed by atoms with Gasteiger partial charge in [0.15, 0.2) is 0 Å². The third-order valence-corrected chi connectivity index (χ3v) is 9.48. The average molecular weight is 609 g/mol. The van der Waals surface area contributed by atoms with Crippen LogP contribution in [0, 0.1) is 0 Å². The Labute approximate surface area is 277 Å². The Morgan fingerprint density at radius 1 is 0.556 bits per heavy atom. The van der Waals surface area contributed by atoms with E-state index < -0.39 is 0 Å². The zero-order valence-corrected chi connectivity index (χ0v) is 29.5. The average Bonchev–Trinajstić information content (AvgIpc) is 3.34. The smallest absolute Gasteiger partial charge is 0.215 e. The molecule has 0 saturated carbocycles. The molecule has 1 aliphatic heterocycles. The summed E-state index contributed by atoms with van der Waals surface area (Å²) in [6.45, 7) is 9.05. The van der Waals surface area contributed by atoms with Crippen LogP contribution in [-0.4, -0.2) is 4.70 Å². The lowest BCUT2D eigenvalue weighted by Gasteiger charge is -2.11. The highest BCUT2D eigenvalue weighted by atomic mass is 15.2. The quantitative estimate of drug-likeness (QED) is 0.0837. The van der Waals surface area contributed by atoms with Gasteiger partial charge in [0.25, 0.3) is 0 Å². The van der Waals surface area contributed by atoms with Crippen LogP contribution >= 0.6 is 0 Å². The lowest BCUT2D eigenvalue weighted by molar-refractivity contribution is -0.345. The van der Waals surface area contributed by atoms with Gasteiger partial charge in [-0.3, -0.25) is 0 Å². The molecule has 0 atom stereocenters. The first kappa shape index (κ1) is 36.7. The molecule has 45 heavy (non-hydrogen) atoms. The molecule has 2 aromatic carbocycles. The topological polar surface area (TPSA) is 25.3 Å². The molecule has 2 aromatic rings. The van der Waals surface area contributed by atoms with Gasteiger partial charge in [-0.15, -0.1) is 0 Å². The number of hydrogen-bond acceptors (Lipinski definition) is 0. The highest BCUT2D eigenvalue weighted by Gasteiger charge is 2.34. The summed E-state index contributed by atoms with van der Waals surface area (Å²) in [5, 5.41) is 0. The fourth-order valence-corrected chi connectivity index (χ4v) is 6.66. The minimum absolute atomic E-state index is 0.944. The van der Waals surface area contributed by atoms with E-state index in [0.29, 0.717) is 0 Å². The molecule has 0 fully saturated rings. The Balaban J connectivity index is 1.91. The summed E-state index contributed by atoms with van der Waals surface area (Å²) in [4.78, 5) is 0. The molecule has 3 rings (SSSR count). The molecule has 0 radical (unpaired) electrons. The van der Waals surface area contributed by atoms with Crippen molar-refractivity contribution in [2.45, 2.75) is 163 Å². The van der Waals surface area contributed by atoms with Crippen molar-refractivity contribution in [2.75, 3.05) is 0 Å². The van der Waals surface area contributed by atoms with Crippen molar-refractivity contribution in [3.05, 3.63) is 99.6 Å². The van der Waals surface area contributed by atoms with Crippen molar-refractivity contribution in [1.29, 1.82) is 0 Å². The first-order chi connectivity index (χ1) is 22.1. The molecule has 1 aliphatic rings. The Bertz CT molecular complexity index is 1230. The molecule has 2 heteroatoms. The largest absolute Gasteiger partial charge is 0.493 e. The summed E-state index contributed by atoms with van der Waals surface area (Å²) in [6.07, 6.45) is 31.0. The van der Waals surface area contributed by atoms with Crippen LogP contribution in [0.3, 0.4) is 0 Å². The molecule has 1 heterocycles. The van der Waals surface area contributed by atoms with Gasteiger partial charge < -0.3 is 5.53 Å². The number of allylic oxidation sites excluding steroid dienone is 4. The fraction of sp³-hybridized carbons (Fsp3) is 0.581. The molecule has 0 N–H and O–H groups in total. The third-order valence-electron chi connectivity index (χ3n) is 9.48. The molecule has 0 spiro atoms. The monoisotopic (exact) mass is 609 g/mol. The van der Waals surface area contributed by atoms with E-state index in [4.69, 9.17) is 0 Å². The summed E-state index contributed by atoms with van der Waals surface area (Å²) in [5.41, 5.74) is 21.4. The van der Waals surface area contributed by atoms with E-state index >= 15 is 0 Å². The highest BCUT2D eigenvalue weighted by Crippen LogP contribution is 2.43. The van der Waals surface area contributed by atoms with Crippen LogP contribution in [0.1, 0.15) is 172 Å². The van der Waals surface area contributed by atoms with E-state index in [2.05, 4.69) is 88.4 Å². The zero-order valence-electron chi connectivity index (χ0n) is 29.5. The number of rotatable bonds is 24. The maximum Gasteiger partial charge on any atom is 0.215 e. The molecule has 0 aliphatic carbocycles. The number of aryl methyl sites for hydroxylation is 2. The molecule has 0 saturated heterocycles. The molecular formula is C43H64N2. The maximum atomic E-state index is 12.0. The minimum Gasteiger partial charge on any atom is -0.493 e. The maximum absolute atomic E-state index is 12.0. The van der Waals surface area contributed by atoms with Gasteiger partial charge in [0.2, 0.25) is 11.4 Å². The molecular weight excluding hydrogens is 544 g/mol. The summed E-state index contributed by atoms with van der Waals surface area (Å²) in [5.74, 6) is 0. The standard InChI is InChI=1S/C43H64N2/c1-5-9-12-15-18-21-24-30-41-40(29-23-20-17-14-11-7-3)42(45(44)43(41)39-28-25-27-36(8-4)35-39)38-33-31-37(32-34-38)26-22-19-16-13-10-6-2/h24-25,27-28,30-35H,5-23,26,29H2,1-4H3. The van der Waals surface area contributed by atoms with Gasteiger partial charge in [0, 0.05) is 16.7 Å². The van der Waals surface area contributed by atoms with E-state index in [1.54, 1.807) is 0 Å². The number of benzene rings is 2. The number of nitrogens with zero attached hydrogens (tertiary/aromatic N) is 2. The minimum atomic E-state index is 0.944. The first-order valence-corrected chi connectivity index (χ1v) is 19.0. The van der Waals surface area contributed by atoms with Crippen molar-refractivity contribution >= 4 is 11.4 Å². The summed E-state index contributed by atoms with van der Waals surface area (Å²) < 4.78 is 1.53. The predicted octanol–water partition coefficient (Wildman–Crippen LogP) is 14.0.